The molecule has 0 atom stereocenters. The number of phenolic OH excluding ortho intramolecular Hbond substituents is 1. The van der Waals surface area contributed by atoms with E-state index in [4.69, 9.17) is 4.74 Å². The number of nitrogens with zero attached hydrogens (tertiary/aromatic N) is 2. The van der Waals surface area contributed by atoms with E-state index in [9.17, 15) is 9.90 Å². The highest BCUT2D eigenvalue weighted by molar-refractivity contribution is 5.93. The average molecular weight is 301 g/mol. The number of ether oxygens (including phenoxy) is 1. The van der Waals surface area contributed by atoms with Crippen molar-refractivity contribution in [2.45, 2.75) is 6.92 Å². The SMILES string of the molecule is COc1c(NC(C)=O)ccc(O)c1-c1ccc(N(C)C)cn1. The Labute approximate surface area is 129 Å². The smallest absolute Gasteiger partial charge is 0.221 e. The van der Waals surface area contributed by atoms with Crippen LogP contribution < -0.4 is 15.0 Å². The molecule has 2 N–H and O–H groups in total. The third-order valence-corrected chi connectivity index (χ3v) is 3.17. The van der Waals surface area contributed by atoms with Crippen LogP contribution in [-0.4, -0.2) is 37.2 Å². The van der Waals surface area contributed by atoms with Gasteiger partial charge in [-0.25, -0.2) is 0 Å². The van der Waals surface area contributed by atoms with E-state index < -0.39 is 0 Å². The summed E-state index contributed by atoms with van der Waals surface area (Å²) in [5, 5.41) is 12.9. The lowest BCUT2D eigenvalue weighted by molar-refractivity contribution is -0.114. The molecular formula is C16H19N3O3. The van der Waals surface area contributed by atoms with Crippen LogP contribution in [0.25, 0.3) is 11.3 Å². The molecular weight excluding hydrogens is 282 g/mol. The van der Waals surface area contributed by atoms with Gasteiger partial charge in [-0.05, 0) is 24.3 Å². The molecule has 6 heteroatoms. The average Bonchev–Trinajstić information content (AvgIpc) is 2.48. The number of phenols is 1. The Morgan fingerprint density at radius 3 is 2.50 bits per heavy atom. The van der Waals surface area contributed by atoms with E-state index in [-0.39, 0.29) is 11.7 Å². The van der Waals surface area contributed by atoms with Gasteiger partial charge in [0, 0.05) is 21.0 Å². The number of hydrogen-bond acceptors (Lipinski definition) is 5. The van der Waals surface area contributed by atoms with Crippen LogP contribution in [0.3, 0.4) is 0 Å². The van der Waals surface area contributed by atoms with E-state index in [2.05, 4.69) is 10.3 Å². The van der Waals surface area contributed by atoms with Gasteiger partial charge in [0.25, 0.3) is 0 Å². The monoisotopic (exact) mass is 301 g/mol. The maximum absolute atomic E-state index is 11.3. The van der Waals surface area contributed by atoms with Crippen molar-refractivity contribution in [3.05, 3.63) is 30.5 Å². The first-order valence-corrected chi connectivity index (χ1v) is 6.75. The highest BCUT2D eigenvalue weighted by Gasteiger charge is 2.17. The van der Waals surface area contributed by atoms with Gasteiger partial charge in [0.05, 0.1) is 35.9 Å². The van der Waals surface area contributed by atoms with Crippen molar-refractivity contribution >= 4 is 17.3 Å². The molecule has 2 rings (SSSR count). The van der Waals surface area contributed by atoms with E-state index in [1.807, 2.05) is 25.1 Å². The summed E-state index contributed by atoms with van der Waals surface area (Å²) in [4.78, 5) is 17.6. The van der Waals surface area contributed by atoms with Crippen molar-refractivity contribution < 1.29 is 14.6 Å². The molecule has 0 aliphatic carbocycles. The minimum absolute atomic E-state index is 0.0380. The summed E-state index contributed by atoms with van der Waals surface area (Å²) in [7, 11) is 5.33. The fourth-order valence-electron chi connectivity index (χ4n) is 2.12. The van der Waals surface area contributed by atoms with Crippen LogP contribution in [0.1, 0.15) is 6.92 Å². The molecule has 1 aromatic carbocycles. The van der Waals surface area contributed by atoms with Gasteiger partial charge in [0.15, 0.2) is 5.75 Å². The molecule has 6 nitrogen and oxygen atoms in total. The number of amides is 1. The molecule has 1 heterocycles. The van der Waals surface area contributed by atoms with Crippen LogP contribution in [-0.2, 0) is 4.79 Å². The lowest BCUT2D eigenvalue weighted by Crippen LogP contribution is -2.09. The van der Waals surface area contributed by atoms with Gasteiger partial charge in [-0.2, -0.15) is 0 Å². The second kappa shape index (κ2) is 6.34. The number of pyridine rings is 1. The van der Waals surface area contributed by atoms with Crippen LogP contribution in [0.5, 0.6) is 11.5 Å². The number of carbonyl (C=O) groups is 1. The first-order valence-electron chi connectivity index (χ1n) is 6.75. The summed E-state index contributed by atoms with van der Waals surface area (Å²) in [6.45, 7) is 1.41. The van der Waals surface area contributed by atoms with Crippen molar-refractivity contribution in [3.8, 4) is 22.8 Å². The maximum Gasteiger partial charge on any atom is 0.221 e. The predicted molar refractivity (Wildman–Crippen MR) is 86.5 cm³/mol. The fraction of sp³-hybridized carbons (Fsp3) is 0.250. The Morgan fingerprint density at radius 2 is 2.00 bits per heavy atom. The summed E-state index contributed by atoms with van der Waals surface area (Å²) in [6, 6.07) is 6.79. The van der Waals surface area contributed by atoms with Crippen molar-refractivity contribution in [1.82, 2.24) is 4.98 Å². The minimum Gasteiger partial charge on any atom is -0.507 e. The second-order valence-electron chi connectivity index (χ2n) is 5.02. The molecule has 0 saturated heterocycles. The van der Waals surface area contributed by atoms with Crippen LogP contribution in [0.15, 0.2) is 30.5 Å². The molecule has 0 fully saturated rings. The van der Waals surface area contributed by atoms with Crippen LogP contribution in [0.4, 0.5) is 11.4 Å². The zero-order valence-corrected chi connectivity index (χ0v) is 13.0. The molecule has 0 unspecified atom stereocenters. The Kier molecular flexibility index (Phi) is 4.50. The van der Waals surface area contributed by atoms with Crippen LogP contribution in [0, 0.1) is 0 Å². The van der Waals surface area contributed by atoms with Crippen molar-refractivity contribution in [2.75, 3.05) is 31.4 Å². The summed E-state index contributed by atoms with van der Waals surface area (Å²) >= 11 is 0. The largest absolute Gasteiger partial charge is 0.507 e. The lowest BCUT2D eigenvalue weighted by atomic mass is 10.1. The van der Waals surface area contributed by atoms with Crippen molar-refractivity contribution in [3.63, 3.8) is 0 Å². The molecule has 22 heavy (non-hydrogen) atoms. The van der Waals surface area contributed by atoms with Gasteiger partial charge in [-0.3, -0.25) is 9.78 Å². The van der Waals surface area contributed by atoms with Crippen LogP contribution in [0.2, 0.25) is 0 Å². The predicted octanol–water partition coefficient (Wildman–Crippen LogP) is 2.49. The van der Waals surface area contributed by atoms with Gasteiger partial charge in [0.1, 0.15) is 5.75 Å². The highest BCUT2D eigenvalue weighted by Crippen LogP contribution is 2.42. The normalized spacial score (nSPS) is 10.2. The quantitative estimate of drug-likeness (QED) is 0.849. The molecule has 0 aliphatic heterocycles. The number of anilines is 2. The van der Waals surface area contributed by atoms with Gasteiger partial charge >= 0.3 is 0 Å². The Morgan fingerprint density at radius 1 is 1.27 bits per heavy atom. The summed E-state index contributed by atoms with van der Waals surface area (Å²) in [6.07, 6.45) is 1.71. The number of rotatable bonds is 4. The molecule has 116 valence electrons. The molecule has 0 spiro atoms. The minimum atomic E-state index is -0.217. The van der Waals surface area contributed by atoms with E-state index in [0.717, 1.165) is 5.69 Å². The van der Waals surface area contributed by atoms with E-state index in [1.165, 1.54) is 20.1 Å². The number of benzene rings is 1. The van der Waals surface area contributed by atoms with E-state index in [1.54, 1.807) is 18.3 Å². The van der Waals surface area contributed by atoms with Gasteiger partial charge in [-0.1, -0.05) is 0 Å². The summed E-state index contributed by atoms with van der Waals surface area (Å²) in [5.74, 6) is 0.196. The number of hydrogen-bond donors (Lipinski definition) is 2. The van der Waals surface area contributed by atoms with E-state index >= 15 is 0 Å². The molecule has 0 radical (unpaired) electrons. The molecule has 1 amide bonds. The third-order valence-electron chi connectivity index (χ3n) is 3.17. The van der Waals surface area contributed by atoms with Crippen LogP contribution >= 0.6 is 0 Å². The Balaban J connectivity index is 2.55. The number of carbonyl (C=O) groups excluding carboxylic acids is 1. The highest BCUT2D eigenvalue weighted by atomic mass is 16.5. The van der Waals surface area contributed by atoms with Crippen molar-refractivity contribution in [1.29, 1.82) is 0 Å². The zero-order chi connectivity index (χ0) is 16.3. The Hall–Kier alpha value is -2.76. The fourth-order valence-corrected chi connectivity index (χ4v) is 2.12. The molecule has 0 bridgehead atoms. The number of nitrogens with one attached hydrogen (secondary N) is 1. The molecule has 1 aromatic heterocycles. The topological polar surface area (TPSA) is 74.7 Å². The lowest BCUT2D eigenvalue weighted by Gasteiger charge is -2.16. The molecule has 0 saturated carbocycles. The number of aromatic nitrogens is 1. The zero-order valence-electron chi connectivity index (χ0n) is 13.0. The first-order chi connectivity index (χ1) is 10.4. The molecule has 2 aromatic rings. The number of methoxy groups -OCH3 is 1. The third kappa shape index (κ3) is 3.11. The van der Waals surface area contributed by atoms with Gasteiger partial charge < -0.3 is 20.1 Å². The van der Waals surface area contributed by atoms with Crippen molar-refractivity contribution in [2.24, 2.45) is 0 Å². The standard InChI is InChI=1S/C16H19N3O3/c1-10(20)18-13-7-8-14(21)15(16(13)22-4)12-6-5-11(9-17-12)19(2)3/h5-9,21H,1-4H3,(H,18,20). The maximum atomic E-state index is 11.3. The second-order valence-corrected chi connectivity index (χ2v) is 5.02. The van der Waals surface area contributed by atoms with Gasteiger partial charge in [-0.15, -0.1) is 0 Å². The first kappa shape index (κ1) is 15.6. The summed E-state index contributed by atoms with van der Waals surface area (Å²) < 4.78 is 5.37. The van der Waals surface area contributed by atoms with Gasteiger partial charge in [0.2, 0.25) is 5.91 Å². The summed E-state index contributed by atoms with van der Waals surface area (Å²) in [5.41, 5.74) is 2.44. The molecule has 0 aliphatic rings. The van der Waals surface area contributed by atoms with E-state index in [0.29, 0.717) is 22.7 Å². The number of aromatic hydroxyl groups is 1. The Bertz CT molecular complexity index is 682.